The van der Waals surface area contributed by atoms with Crippen LogP contribution in [-0.4, -0.2) is 6.04 Å². The molecular weight excluding hydrogens is 170 g/mol. The van der Waals surface area contributed by atoms with E-state index in [4.69, 9.17) is 5.73 Å². The summed E-state index contributed by atoms with van der Waals surface area (Å²) in [4.78, 5) is 0. The smallest absolute Gasteiger partial charge is 0.00825 e. The first-order valence-corrected chi connectivity index (χ1v) is 5.39. The number of fused-ring (bicyclic) bond motifs is 2. The zero-order valence-electron chi connectivity index (χ0n) is 8.29. The molecule has 1 heteroatoms. The Kier molecular flexibility index (Phi) is 1.74. The zero-order valence-corrected chi connectivity index (χ0v) is 8.29. The molecule has 72 valence electrons. The highest BCUT2D eigenvalue weighted by atomic mass is 14.6. The lowest BCUT2D eigenvalue weighted by Gasteiger charge is -2.20. The van der Waals surface area contributed by atoms with Crippen LogP contribution < -0.4 is 5.73 Å². The van der Waals surface area contributed by atoms with Gasteiger partial charge in [-0.1, -0.05) is 29.8 Å². The van der Waals surface area contributed by atoms with E-state index in [1.165, 1.54) is 30.4 Å². The molecule has 1 aromatic rings. The molecule has 2 aliphatic rings. The summed E-state index contributed by atoms with van der Waals surface area (Å²) in [6, 6.07) is 9.15. The standard InChI is InChI=1S/C13H15N/c14-11-6-5-10-7-9-3-1-2-4-12(9)13(10)8-11/h1-4,11H,5-8,14H2/t11-/m1/s1. The summed E-state index contributed by atoms with van der Waals surface area (Å²) in [7, 11) is 0. The molecule has 0 heterocycles. The Balaban J connectivity index is 2.07. The van der Waals surface area contributed by atoms with Gasteiger partial charge in [0.2, 0.25) is 0 Å². The Hall–Kier alpha value is -1.08. The van der Waals surface area contributed by atoms with Crippen LogP contribution in [0.5, 0.6) is 0 Å². The predicted octanol–water partition coefficient (Wildman–Crippen LogP) is 2.51. The van der Waals surface area contributed by atoms with Gasteiger partial charge >= 0.3 is 0 Å². The van der Waals surface area contributed by atoms with Crippen LogP contribution in [0.25, 0.3) is 5.57 Å². The highest BCUT2D eigenvalue weighted by Gasteiger charge is 2.25. The van der Waals surface area contributed by atoms with E-state index in [0.717, 1.165) is 6.42 Å². The summed E-state index contributed by atoms with van der Waals surface area (Å²) >= 11 is 0. The molecule has 0 aliphatic heterocycles. The van der Waals surface area contributed by atoms with Crippen LogP contribution in [0.15, 0.2) is 29.8 Å². The topological polar surface area (TPSA) is 26.0 Å². The number of allylic oxidation sites excluding steroid dienone is 1. The molecule has 0 bridgehead atoms. The second-order valence-electron chi connectivity index (χ2n) is 4.42. The van der Waals surface area contributed by atoms with Crippen molar-refractivity contribution in [1.29, 1.82) is 0 Å². The molecule has 2 N–H and O–H groups in total. The molecule has 14 heavy (non-hydrogen) atoms. The molecule has 3 rings (SSSR count). The number of hydrogen-bond donors (Lipinski definition) is 1. The van der Waals surface area contributed by atoms with E-state index in [0.29, 0.717) is 6.04 Å². The van der Waals surface area contributed by atoms with E-state index in [-0.39, 0.29) is 0 Å². The molecule has 0 unspecified atom stereocenters. The van der Waals surface area contributed by atoms with Gasteiger partial charge < -0.3 is 5.73 Å². The molecular formula is C13H15N. The molecule has 0 saturated carbocycles. The van der Waals surface area contributed by atoms with Crippen molar-refractivity contribution in [3.8, 4) is 0 Å². The number of hydrogen-bond acceptors (Lipinski definition) is 1. The third kappa shape index (κ3) is 1.12. The number of benzene rings is 1. The number of rotatable bonds is 0. The molecule has 2 aliphatic carbocycles. The summed E-state index contributed by atoms with van der Waals surface area (Å²) in [6.07, 6.45) is 4.66. The van der Waals surface area contributed by atoms with Gasteiger partial charge in [0.25, 0.3) is 0 Å². The number of nitrogens with two attached hydrogens (primary N) is 1. The van der Waals surface area contributed by atoms with E-state index >= 15 is 0 Å². The van der Waals surface area contributed by atoms with Crippen molar-refractivity contribution in [3.05, 3.63) is 41.0 Å². The van der Waals surface area contributed by atoms with E-state index in [1.807, 2.05) is 0 Å². The van der Waals surface area contributed by atoms with Gasteiger partial charge in [0.1, 0.15) is 0 Å². The third-order valence-electron chi connectivity index (χ3n) is 3.46. The summed E-state index contributed by atoms with van der Waals surface area (Å²) < 4.78 is 0. The highest BCUT2D eigenvalue weighted by Crippen LogP contribution is 2.40. The van der Waals surface area contributed by atoms with Crippen LogP contribution in [0.3, 0.4) is 0 Å². The predicted molar refractivity (Wildman–Crippen MR) is 58.9 cm³/mol. The summed E-state index contributed by atoms with van der Waals surface area (Å²) in [5.41, 5.74) is 12.2. The minimum absolute atomic E-state index is 0.389. The van der Waals surface area contributed by atoms with Gasteiger partial charge in [-0.05, 0) is 42.4 Å². The van der Waals surface area contributed by atoms with Gasteiger partial charge in [0.15, 0.2) is 0 Å². The molecule has 0 aromatic heterocycles. The molecule has 1 aromatic carbocycles. The fourth-order valence-corrected chi connectivity index (χ4v) is 2.71. The van der Waals surface area contributed by atoms with Crippen LogP contribution >= 0.6 is 0 Å². The molecule has 0 saturated heterocycles. The Bertz CT molecular complexity index is 403. The Labute approximate surface area is 84.6 Å². The first-order valence-electron chi connectivity index (χ1n) is 5.39. The van der Waals surface area contributed by atoms with Crippen molar-refractivity contribution in [2.24, 2.45) is 5.73 Å². The van der Waals surface area contributed by atoms with Gasteiger partial charge in [0, 0.05) is 6.04 Å². The van der Waals surface area contributed by atoms with Gasteiger partial charge in [0.05, 0.1) is 0 Å². The van der Waals surface area contributed by atoms with Gasteiger partial charge in [-0.25, -0.2) is 0 Å². The lowest BCUT2D eigenvalue weighted by molar-refractivity contribution is 0.600. The fraction of sp³-hybridized carbons (Fsp3) is 0.385. The zero-order chi connectivity index (χ0) is 9.54. The van der Waals surface area contributed by atoms with Crippen LogP contribution in [0, 0.1) is 0 Å². The average Bonchev–Trinajstić information content (AvgIpc) is 2.56. The largest absolute Gasteiger partial charge is 0.327 e. The van der Waals surface area contributed by atoms with Crippen molar-refractivity contribution in [1.82, 2.24) is 0 Å². The minimum Gasteiger partial charge on any atom is -0.327 e. The minimum atomic E-state index is 0.389. The Morgan fingerprint density at radius 3 is 3.00 bits per heavy atom. The van der Waals surface area contributed by atoms with Crippen molar-refractivity contribution in [2.45, 2.75) is 31.7 Å². The second kappa shape index (κ2) is 2.96. The van der Waals surface area contributed by atoms with E-state index in [2.05, 4.69) is 24.3 Å². The van der Waals surface area contributed by atoms with E-state index in [9.17, 15) is 0 Å². The maximum atomic E-state index is 6.01. The van der Waals surface area contributed by atoms with Crippen molar-refractivity contribution >= 4 is 5.57 Å². The molecule has 1 nitrogen and oxygen atoms in total. The van der Waals surface area contributed by atoms with Crippen molar-refractivity contribution in [2.75, 3.05) is 0 Å². The Morgan fingerprint density at radius 2 is 2.07 bits per heavy atom. The maximum Gasteiger partial charge on any atom is 0.00825 e. The monoisotopic (exact) mass is 185 g/mol. The highest BCUT2D eigenvalue weighted by molar-refractivity contribution is 5.77. The van der Waals surface area contributed by atoms with Crippen LogP contribution in [0.2, 0.25) is 0 Å². The molecule has 0 radical (unpaired) electrons. The Morgan fingerprint density at radius 1 is 1.21 bits per heavy atom. The van der Waals surface area contributed by atoms with Crippen molar-refractivity contribution < 1.29 is 0 Å². The quantitative estimate of drug-likeness (QED) is 0.660. The first-order chi connectivity index (χ1) is 6.84. The first kappa shape index (κ1) is 8.25. The SMILES string of the molecule is N[C@@H]1CCC2=C(C1)c1ccccc1C2. The molecule has 0 fully saturated rings. The van der Waals surface area contributed by atoms with Gasteiger partial charge in [-0.2, -0.15) is 0 Å². The third-order valence-corrected chi connectivity index (χ3v) is 3.46. The summed E-state index contributed by atoms with van der Waals surface area (Å²) in [5, 5.41) is 0. The lowest BCUT2D eigenvalue weighted by Crippen LogP contribution is -2.23. The van der Waals surface area contributed by atoms with Gasteiger partial charge in [-0.15, -0.1) is 0 Å². The summed E-state index contributed by atoms with van der Waals surface area (Å²) in [5.74, 6) is 0. The van der Waals surface area contributed by atoms with Crippen LogP contribution in [0.1, 0.15) is 30.4 Å². The molecule has 0 spiro atoms. The average molecular weight is 185 g/mol. The van der Waals surface area contributed by atoms with Gasteiger partial charge in [-0.3, -0.25) is 0 Å². The second-order valence-corrected chi connectivity index (χ2v) is 4.42. The molecule has 0 amide bonds. The van der Waals surface area contributed by atoms with Crippen LogP contribution in [0.4, 0.5) is 0 Å². The van der Waals surface area contributed by atoms with E-state index < -0.39 is 0 Å². The summed E-state index contributed by atoms with van der Waals surface area (Å²) in [6.45, 7) is 0. The molecule has 1 atom stereocenters. The van der Waals surface area contributed by atoms with E-state index in [1.54, 1.807) is 11.1 Å². The maximum absolute atomic E-state index is 6.01. The fourth-order valence-electron chi connectivity index (χ4n) is 2.71. The van der Waals surface area contributed by atoms with Crippen LogP contribution in [-0.2, 0) is 6.42 Å². The van der Waals surface area contributed by atoms with Crippen molar-refractivity contribution in [3.63, 3.8) is 0 Å². The lowest BCUT2D eigenvalue weighted by atomic mass is 9.89. The normalized spacial score (nSPS) is 24.8.